The van der Waals surface area contributed by atoms with Gasteiger partial charge in [0.1, 0.15) is 0 Å². The van der Waals surface area contributed by atoms with E-state index in [1.807, 2.05) is 0 Å². The monoisotopic (exact) mass is 251 g/mol. The first-order valence-electron chi connectivity index (χ1n) is 5.62. The van der Waals surface area contributed by atoms with Crippen LogP contribution in [0.1, 0.15) is 19.8 Å². The highest BCUT2D eigenvalue weighted by atomic mass is 32.2. The molecule has 96 valence electrons. The predicted octanol–water partition coefficient (Wildman–Crippen LogP) is 0.0554. The molecule has 0 aromatic carbocycles. The standard InChI is InChI=1S/C10H21NO4S/c1-9(12)10-4-5-11(8-10)16(13,14)7-3-6-15-2/h9-10,12H,3-8H2,1-2H3. The number of methoxy groups -OCH3 is 1. The van der Waals surface area contributed by atoms with Gasteiger partial charge in [0.15, 0.2) is 0 Å². The van der Waals surface area contributed by atoms with Crippen LogP contribution in [0.5, 0.6) is 0 Å². The van der Waals surface area contributed by atoms with Crippen LogP contribution in [0.4, 0.5) is 0 Å². The first-order valence-corrected chi connectivity index (χ1v) is 7.23. The summed E-state index contributed by atoms with van der Waals surface area (Å²) in [7, 11) is -1.60. The molecule has 1 heterocycles. The van der Waals surface area contributed by atoms with Gasteiger partial charge >= 0.3 is 0 Å². The van der Waals surface area contributed by atoms with Crippen LogP contribution in [-0.2, 0) is 14.8 Å². The fourth-order valence-electron chi connectivity index (χ4n) is 1.92. The van der Waals surface area contributed by atoms with Crippen LogP contribution < -0.4 is 0 Å². The van der Waals surface area contributed by atoms with Crippen molar-refractivity contribution < 1.29 is 18.3 Å². The summed E-state index contributed by atoms with van der Waals surface area (Å²) < 4.78 is 30.1. The molecule has 0 aliphatic carbocycles. The highest BCUT2D eigenvalue weighted by molar-refractivity contribution is 7.89. The zero-order chi connectivity index (χ0) is 12.2. The quantitative estimate of drug-likeness (QED) is 0.678. The fourth-order valence-corrected chi connectivity index (χ4v) is 3.46. The second-order valence-electron chi connectivity index (χ2n) is 4.31. The van der Waals surface area contributed by atoms with E-state index in [4.69, 9.17) is 4.74 Å². The van der Waals surface area contributed by atoms with Gasteiger partial charge in [-0.15, -0.1) is 0 Å². The van der Waals surface area contributed by atoms with E-state index in [2.05, 4.69) is 0 Å². The van der Waals surface area contributed by atoms with E-state index in [1.54, 1.807) is 14.0 Å². The third kappa shape index (κ3) is 3.69. The smallest absolute Gasteiger partial charge is 0.214 e. The van der Waals surface area contributed by atoms with Crippen LogP contribution in [0.25, 0.3) is 0 Å². The van der Waals surface area contributed by atoms with Crippen molar-refractivity contribution in [2.45, 2.75) is 25.9 Å². The van der Waals surface area contributed by atoms with Crippen molar-refractivity contribution in [2.24, 2.45) is 5.92 Å². The molecule has 2 atom stereocenters. The molecule has 1 saturated heterocycles. The molecule has 5 nitrogen and oxygen atoms in total. The number of aliphatic hydroxyl groups excluding tert-OH is 1. The number of hydrogen-bond donors (Lipinski definition) is 1. The Morgan fingerprint density at radius 2 is 2.25 bits per heavy atom. The Kier molecular flexibility index (Phi) is 5.17. The molecule has 1 N–H and O–H groups in total. The Balaban J connectivity index is 2.45. The van der Waals surface area contributed by atoms with E-state index >= 15 is 0 Å². The first-order chi connectivity index (χ1) is 7.47. The number of aliphatic hydroxyl groups is 1. The minimum absolute atomic E-state index is 0.0807. The molecule has 0 aromatic rings. The first kappa shape index (κ1) is 13.9. The van der Waals surface area contributed by atoms with Gasteiger partial charge in [-0.2, -0.15) is 0 Å². The van der Waals surface area contributed by atoms with Crippen molar-refractivity contribution in [1.29, 1.82) is 0 Å². The minimum Gasteiger partial charge on any atom is -0.393 e. The molecular formula is C10H21NO4S. The van der Waals surface area contributed by atoms with Crippen LogP contribution in [-0.4, -0.2) is 56.5 Å². The summed E-state index contributed by atoms with van der Waals surface area (Å²) in [5, 5.41) is 9.41. The van der Waals surface area contributed by atoms with Gasteiger partial charge in [-0.3, -0.25) is 0 Å². The van der Waals surface area contributed by atoms with E-state index in [9.17, 15) is 13.5 Å². The maximum atomic E-state index is 11.9. The Hall–Kier alpha value is -0.170. The summed E-state index contributed by atoms with van der Waals surface area (Å²) in [5.41, 5.74) is 0. The number of ether oxygens (including phenoxy) is 1. The van der Waals surface area contributed by atoms with E-state index in [0.29, 0.717) is 26.1 Å². The van der Waals surface area contributed by atoms with Crippen LogP contribution in [0.2, 0.25) is 0 Å². The summed E-state index contributed by atoms with van der Waals surface area (Å²) in [6.07, 6.45) is 0.842. The summed E-state index contributed by atoms with van der Waals surface area (Å²) in [6.45, 7) is 3.16. The summed E-state index contributed by atoms with van der Waals surface area (Å²) in [5.74, 6) is 0.213. The lowest BCUT2D eigenvalue weighted by atomic mass is 10.0. The molecule has 1 aliphatic heterocycles. The Morgan fingerprint density at radius 1 is 1.56 bits per heavy atom. The molecule has 2 unspecified atom stereocenters. The van der Waals surface area contributed by atoms with Gasteiger partial charge in [0.25, 0.3) is 0 Å². The third-order valence-corrected chi connectivity index (χ3v) is 4.94. The number of hydrogen-bond acceptors (Lipinski definition) is 4. The molecule has 16 heavy (non-hydrogen) atoms. The van der Waals surface area contributed by atoms with Crippen LogP contribution in [0.3, 0.4) is 0 Å². The van der Waals surface area contributed by atoms with Crippen LogP contribution in [0.15, 0.2) is 0 Å². The average Bonchev–Trinajstić information content (AvgIpc) is 2.67. The molecule has 0 saturated carbocycles. The number of rotatable bonds is 6. The van der Waals surface area contributed by atoms with Gasteiger partial charge in [-0.1, -0.05) is 0 Å². The molecule has 0 radical (unpaired) electrons. The minimum atomic E-state index is -3.16. The van der Waals surface area contributed by atoms with Crippen molar-refractivity contribution in [3.8, 4) is 0 Å². The van der Waals surface area contributed by atoms with Crippen molar-refractivity contribution in [2.75, 3.05) is 32.6 Å². The van der Waals surface area contributed by atoms with Gasteiger partial charge in [0.05, 0.1) is 11.9 Å². The van der Waals surface area contributed by atoms with E-state index < -0.39 is 16.1 Å². The van der Waals surface area contributed by atoms with Crippen molar-refractivity contribution >= 4 is 10.0 Å². The molecule has 1 rings (SSSR count). The largest absolute Gasteiger partial charge is 0.393 e. The molecule has 1 aliphatic rings. The maximum absolute atomic E-state index is 11.9. The molecule has 0 bridgehead atoms. The maximum Gasteiger partial charge on any atom is 0.214 e. The molecular weight excluding hydrogens is 230 g/mol. The summed E-state index contributed by atoms with van der Waals surface area (Å²) >= 11 is 0. The second kappa shape index (κ2) is 5.95. The SMILES string of the molecule is COCCCS(=O)(=O)N1CCC(C(C)O)C1. The van der Waals surface area contributed by atoms with Crippen LogP contribution in [0, 0.1) is 5.92 Å². The van der Waals surface area contributed by atoms with Gasteiger partial charge < -0.3 is 9.84 Å². The topological polar surface area (TPSA) is 66.8 Å². The van der Waals surface area contributed by atoms with Crippen molar-refractivity contribution in [1.82, 2.24) is 4.31 Å². The molecule has 1 fully saturated rings. The zero-order valence-electron chi connectivity index (χ0n) is 9.92. The van der Waals surface area contributed by atoms with E-state index in [0.717, 1.165) is 6.42 Å². The van der Waals surface area contributed by atoms with Gasteiger partial charge in [-0.25, -0.2) is 12.7 Å². The highest BCUT2D eigenvalue weighted by Gasteiger charge is 2.32. The Bertz CT molecular complexity index is 302. The van der Waals surface area contributed by atoms with E-state index in [-0.39, 0.29) is 11.7 Å². The average molecular weight is 251 g/mol. The number of nitrogens with zero attached hydrogens (tertiary/aromatic N) is 1. The zero-order valence-corrected chi connectivity index (χ0v) is 10.7. The lowest BCUT2D eigenvalue weighted by Crippen LogP contribution is -2.32. The van der Waals surface area contributed by atoms with Crippen LogP contribution >= 0.6 is 0 Å². The Morgan fingerprint density at radius 3 is 2.75 bits per heavy atom. The third-order valence-electron chi connectivity index (χ3n) is 3.01. The van der Waals surface area contributed by atoms with Gasteiger partial charge in [0.2, 0.25) is 10.0 Å². The van der Waals surface area contributed by atoms with E-state index in [1.165, 1.54) is 4.31 Å². The van der Waals surface area contributed by atoms with Gasteiger partial charge in [0, 0.05) is 26.8 Å². The fraction of sp³-hybridized carbons (Fsp3) is 1.00. The molecule has 0 amide bonds. The lowest BCUT2D eigenvalue weighted by molar-refractivity contribution is 0.133. The Labute approximate surface area is 97.4 Å². The van der Waals surface area contributed by atoms with Gasteiger partial charge in [-0.05, 0) is 25.7 Å². The molecule has 0 aromatic heterocycles. The molecule has 0 spiro atoms. The second-order valence-corrected chi connectivity index (χ2v) is 6.40. The number of sulfonamides is 1. The van der Waals surface area contributed by atoms with Crippen molar-refractivity contribution in [3.63, 3.8) is 0 Å². The summed E-state index contributed by atoms with van der Waals surface area (Å²) in [6, 6.07) is 0. The van der Waals surface area contributed by atoms with Crippen molar-refractivity contribution in [3.05, 3.63) is 0 Å². The molecule has 6 heteroatoms. The normalized spacial score (nSPS) is 24.8. The highest BCUT2D eigenvalue weighted by Crippen LogP contribution is 2.22. The lowest BCUT2D eigenvalue weighted by Gasteiger charge is -2.17. The predicted molar refractivity (Wildman–Crippen MR) is 61.6 cm³/mol. The summed E-state index contributed by atoms with van der Waals surface area (Å²) in [4.78, 5) is 0.